The maximum atomic E-state index is 13.9. The molecular weight excluding hydrogens is 399 g/mol. The van der Waals surface area contributed by atoms with Gasteiger partial charge >= 0.3 is 0 Å². The molecule has 1 aromatic heterocycles. The van der Waals surface area contributed by atoms with Crippen molar-refractivity contribution in [2.75, 3.05) is 5.32 Å². The average molecular weight is 415 g/mol. The molecule has 0 aliphatic heterocycles. The van der Waals surface area contributed by atoms with E-state index in [-0.39, 0.29) is 11.3 Å². The summed E-state index contributed by atoms with van der Waals surface area (Å²) in [5, 5.41) is 2.45. The van der Waals surface area contributed by atoms with Crippen LogP contribution in [0.1, 0.15) is 21.5 Å². The van der Waals surface area contributed by atoms with Crippen molar-refractivity contribution < 1.29 is 9.18 Å². The van der Waals surface area contributed by atoms with Gasteiger partial charge < -0.3 is 9.88 Å². The number of hydrogen-bond donors (Lipinski definition) is 1. The lowest BCUT2D eigenvalue weighted by atomic mass is 10.1. The fourth-order valence-corrected chi connectivity index (χ4v) is 2.92. The molecule has 26 heavy (non-hydrogen) atoms. The van der Waals surface area contributed by atoms with Crippen LogP contribution < -0.4 is 10.9 Å². The van der Waals surface area contributed by atoms with Gasteiger partial charge in [-0.3, -0.25) is 9.59 Å². The molecule has 0 atom stereocenters. The van der Waals surface area contributed by atoms with Crippen LogP contribution in [0.2, 0.25) is 0 Å². The third kappa shape index (κ3) is 3.91. The van der Waals surface area contributed by atoms with Gasteiger partial charge in [0.25, 0.3) is 11.5 Å². The first-order valence-corrected chi connectivity index (χ1v) is 8.75. The van der Waals surface area contributed by atoms with Crippen molar-refractivity contribution in [1.29, 1.82) is 0 Å². The number of benzene rings is 2. The molecule has 1 N–H and O–H groups in total. The number of nitrogens with zero attached hydrogens (tertiary/aromatic N) is 1. The summed E-state index contributed by atoms with van der Waals surface area (Å²) in [6.45, 7) is 2.33. The number of carbonyl (C=O) groups is 1. The molecule has 2 aromatic carbocycles. The van der Waals surface area contributed by atoms with Gasteiger partial charge in [0.2, 0.25) is 0 Å². The second-order valence-electron chi connectivity index (χ2n) is 5.86. The molecule has 3 rings (SSSR count). The predicted octanol–water partition coefficient (Wildman–Crippen LogP) is 4.36. The first-order valence-electron chi connectivity index (χ1n) is 7.96. The number of aromatic nitrogens is 1. The van der Waals surface area contributed by atoms with Crippen molar-refractivity contribution >= 4 is 27.5 Å². The Kier molecular flexibility index (Phi) is 5.32. The zero-order valence-electron chi connectivity index (χ0n) is 14.0. The topological polar surface area (TPSA) is 51.1 Å². The number of aryl methyl sites for hydroxylation is 1. The Morgan fingerprint density at radius 2 is 1.92 bits per heavy atom. The van der Waals surface area contributed by atoms with Crippen LogP contribution >= 0.6 is 15.9 Å². The Balaban J connectivity index is 1.88. The van der Waals surface area contributed by atoms with E-state index in [4.69, 9.17) is 0 Å². The fraction of sp³-hybridized carbons (Fsp3) is 0.100. The Bertz CT molecular complexity index is 1030. The molecule has 6 heteroatoms. The highest BCUT2D eigenvalue weighted by atomic mass is 79.9. The summed E-state index contributed by atoms with van der Waals surface area (Å²) in [4.78, 5) is 25.1. The number of carbonyl (C=O) groups excluding carboxylic acids is 1. The van der Waals surface area contributed by atoms with Gasteiger partial charge in [0.1, 0.15) is 11.4 Å². The van der Waals surface area contributed by atoms with Crippen molar-refractivity contribution in [3.05, 3.63) is 98.1 Å². The van der Waals surface area contributed by atoms with Crippen molar-refractivity contribution in [2.24, 2.45) is 0 Å². The number of hydrogen-bond acceptors (Lipinski definition) is 2. The van der Waals surface area contributed by atoms with Gasteiger partial charge in [-0.25, -0.2) is 4.39 Å². The largest absolute Gasteiger partial charge is 0.319 e. The Hall–Kier alpha value is -2.73. The molecule has 1 amide bonds. The molecule has 0 spiro atoms. The normalized spacial score (nSPS) is 10.6. The molecule has 3 aromatic rings. The summed E-state index contributed by atoms with van der Waals surface area (Å²) in [7, 11) is 0. The zero-order valence-corrected chi connectivity index (χ0v) is 15.6. The molecule has 4 nitrogen and oxygen atoms in total. The molecular formula is C20H16BrFN2O2. The Morgan fingerprint density at radius 1 is 1.15 bits per heavy atom. The third-order valence-corrected chi connectivity index (χ3v) is 4.54. The van der Waals surface area contributed by atoms with Gasteiger partial charge in [-0.1, -0.05) is 40.2 Å². The van der Waals surface area contributed by atoms with Gasteiger partial charge in [-0.2, -0.15) is 0 Å². The minimum absolute atomic E-state index is 0.0203. The summed E-state index contributed by atoms with van der Waals surface area (Å²) < 4.78 is 15.9. The van der Waals surface area contributed by atoms with Crippen LogP contribution in [0, 0.1) is 12.7 Å². The number of pyridine rings is 1. The number of nitrogens with one attached hydrogen (secondary N) is 1. The molecule has 1 heterocycles. The van der Waals surface area contributed by atoms with E-state index in [0.717, 1.165) is 11.1 Å². The van der Waals surface area contributed by atoms with Crippen LogP contribution in [0.5, 0.6) is 0 Å². The van der Waals surface area contributed by atoms with Crippen LogP contribution in [0.25, 0.3) is 0 Å². The third-order valence-electron chi connectivity index (χ3n) is 4.05. The van der Waals surface area contributed by atoms with E-state index in [9.17, 15) is 14.0 Å². The van der Waals surface area contributed by atoms with Crippen molar-refractivity contribution in [2.45, 2.75) is 13.5 Å². The summed E-state index contributed by atoms with van der Waals surface area (Å²) in [6, 6.07) is 15.1. The number of amides is 1. The summed E-state index contributed by atoms with van der Waals surface area (Å²) in [5.74, 6) is -1.22. The monoisotopic (exact) mass is 414 g/mol. The molecule has 0 radical (unpaired) electrons. The molecule has 0 fully saturated rings. The van der Waals surface area contributed by atoms with Gasteiger partial charge in [0.15, 0.2) is 0 Å². The highest BCUT2D eigenvalue weighted by Gasteiger charge is 2.15. The maximum Gasteiger partial charge on any atom is 0.263 e. The van der Waals surface area contributed by atoms with Gasteiger partial charge in [0, 0.05) is 10.7 Å². The molecule has 0 aliphatic rings. The lowest BCUT2D eigenvalue weighted by Gasteiger charge is -2.11. The van der Waals surface area contributed by atoms with Crippen LogP contribution in [-0.2, 0) is 6.54 Å². The van der Waals surface area contributed by atoms with E-state index in [2.05, 4.69) is 21.2 Å². The second kappa shape index (κ2) is 7.66. The molecule has 0 saturated heterocycles. The molecule has 132 valence electrons. The van der Waals surface area contributed by atoms with E-state index >= 15 is 0 Å². The number of rotatable bonds is 4. The van der Waals surface area contributed by atoms with Crippen molar-refractivity contribution in [3.63, 3.8) is 0 Å². The van der Waals surface area contributed by atoms with E-state index in [1.165, 1.54) is 22.8 Å². The number of anilines is 1. The number of halogens is 2. The second-order valence-corrected chi connectivity index (χ2v) is 6.78. The lowest BCUT2D eigenvalue weighted by Crippen LogP contribution is -2.29. The molecule has 0 saturated carbocycles. The smallest absolute Gasteiger partial charge is 0.263 e. The lowest BCUT2D eigenvalue weighted by molar-refractivity contribution is 0.102. The predicted molar refractivity (Wildman–Crippen MR) is 103 cm³/mol. The van der Waals surface area contributed by atoms with Crippen LogP contribution in [0.3, 0.4) is 0 Å². The minimum atomic E-state index is -0.643. The van der Waals surface area contributed by atoms with Crippen molar-refractivity contribution in [3.8, 4) is 0 Å². The zero-order chi connectivity index (χ0) is 18.7. The SMILES string of the molecule is Cc1ccccc1Cn1cccc(C(=O)Nc2ccc(Br)cc2F)c1=O. The quantitative estimate of drug-likeness (QED) is 0.689. The molecule has 0 aliphatic carbocycles. The van der Waals surface area contributed by atoms with Crippen LogP contribution in [0.4, 0.5) is 10.1 Å². The first kappa shape index (κ1) is 18.1. The highest BCUT2D eigenvalue weighted by molar-refractivity contribution is 9.10. The average Bonchev–Trinajstić information content (AvgIpc) is 2.61. The van der Waals surface area contributed by atoms with E-state index in [1.807, 2.05) is 31.2 Å². The molecule has 0 bridgehead atoms. The maximum absolute atomic E-state index is 13.9. The van der Waals surface area contributed by atoms with E-state index < -0.39 is 17.3 Å². The standard InChI is InChI=1S/C20H16BrFN2O2/c1-13-5-2-3-6-14(13)12-24-10-4-7-16(20(24)26)19(25)23-18-9-8-15(21)11-17(18)22/h2-11H,12H2,1H3,(H,23,25). The summed E-state index contributed by atoms with van der Waals surface area (Å²) >= 11 is 3.16. The van der Waals surface area contributed by atoms with Gasteiger partial charge in [0.05, 0.1) is 12.2 Å². The Morgan fingerprint density at radius 3 is 2.65 bits per heavy atom. The van der Waals surface area contributed by atoms with Crippen LogP contribution in [-0.4, -0.2) is 10.5 Å². The van der Waals surface area contributed by atoms with Crippen molar-refractivity contribution in [1.82, 2.24) is 4.57 Å². The van der Waals surface area contributed by atoms with Crippen LogP contribution in [0.15, 0.2) is 70.1 Å². The van der Waals surface area contributed by atoms with Gasteiger partial charge in [-0.15, -0.1) is 0 Å². The first-order chi connectivity index (χ1) is 12.5. The summed E-state index contributed by atoms with van der Waals surface area (Å²) in [5.41, 5.74) is 1.61. The minimum Gasteiger partial charge on any atom is -0.319 e. The highest BCUT2D eigenvalue weighted by Crippen LogP contribution is 2.19. The van der Waals surface area contributed by atoms with Gasteiger partial charge in [-0.05, 0) is 48.4 Å². The fourth-order valence-electron chi connectivity index (χ4n) is 2.59. The molecule has 0 unspecified atom stereocenters. The summed E-state index contributed by atoms with van der Waals surface area (Å²) in [6.07, 6.45) is 1.63. The van der Waals surface area contributed by atoms with E-state index in [0.29, 0.717) is 11.0 Å². The van der Waals surface area contributed by atoms with E-state index in [1.54, 1.807) is 18.3 Å². The Labute approximate surface area is 158 Å².